The highest BCUT2D eigenvalue weighted by Gasteiger charge is 2.60. The first kappa shape index (κ1) is 19.7. The fourth-order valence-electron chi connectivity index (χ4n) is 5.50. The number of primary amides is 1. The molecule has 0 unspecified atom stereocenters. The Morgan fingerprint density at radius 2 is 1.77 bits per heavy atom. The van der Waals surface area contributed by atoms with Gasteiger partial charge in [0.1, 0.15) is 28.7 Å². The molecule has 9 nitrogen and oxygen atoms in total. The van der Waals surface area contributed by atoms with Gasteiger partial charge in [0.15, 0.2) is 11.4 Å². The zero-order valence-electron chi connectivity index (χ0n) is 16.2. The third-order valence-corrected chi connectivity index (χ3v) is 6.98. The summed E-state index contributed by atoms with van der Waals surface area (Å²) in [6, 6.07) is 0. The van der Waals surface area contributed by atoms with Crippen molar-refractivity contribution >= 4 is 23.2 Å². The van der Waals surface area contributed by atoms with Crippen LogP contribution in [0.1, 0.15) is 35.1 Å². The normalized spacial score (nSPS) is 29.5. The first-order valence-corrected chi connectivity index (χ1v) is 9.82. The van der Waals surface area contributed by atoms with E-state index in [1.54, 1.807) is 0 Å². The summed E-state index contributed by atoms with van der Waals surface area (Å²) < 4.78 is 15.2. The van der Waals surface area contributed by atoms with E-state index in [0.29, 0.717) is 5.56 Å². The van der Waals surface area contributed by atoms with E-state index in [2.05, 4.69) is 5.32 Å². The van der Waals surface area contributed by atoms with Crippen molar-refractivity contribution in [3.8, 4) is 5.75 Å². The summed E-state index contributed by atoms with van der Waals surface area (Å²) >= 11 is 0. The molecule has 4 aliphatic rings. The molecule has 1 aliphatic heterocycles. The van der Waals surface area contributed by atoms with Gasteiger partial charge in [-0.2, -0.15) is 0 Å². The molecule has 1 amide bonds. The third-order valence-electron chi connectivity index (χ3n) is 6.98. The maximum absolute atomic E-state index is 15.2. The van der Waals surface area contributed by atoms with Crippen LogP contribution in [-0.2, 0) is 33.9 Å². The molecular weight excluding hydrogens is 411 g/mol. The van der Waals surface area contributed by atoms with Crippen LogP contribution in [0.4, 0.5) is 4.39 Å². The molecule has 7 N–H and O–H groups in total. The van der Waals surface area contributed by atoms with Crippen molar-refractivity contribution in [2.45, 2.75) is 38.0 Å². The number of aromatic hydroxyl groups is 1. The van der Waals surface area contributed by atoms with Crippen LogP contribution in [0.3, 0.4) is 0 Å². The number of phenolic OH excluding ortho intramolecular Hbond substituents is 1. The van der Waals surface area contributed by atoms with Crippen molar-refractivity contribution in [1.29, 1.82) is 0 Å². The number of carbonyl (C=O) groups excluding carboxylic acids is 3. The highest BCUT2D eigenvalue weighted by atomic mass is 19.1. The third kappa shape index (κ3) is 2.28. The van der Waals surface area contributed by atoms with Crippen LogP contribution in [0.2, 0.25) is 0 Å². The molecule has 162 valence electrons. The lowest BCUT2D eigenvalue weighted by Crippen LogP contribution is -2.58. The van der Waals surface area contributed by atoms with E-state index < -0.39 is 64.2 Å². The molecule has 3 aliphatic carbocycles. The van der Waals surface area contributed by atoms with Crippen LogP contribution >= 0.6 is 0 Å². The van der Waals surface area contributed by atoms with Crippen molar-refractivity contribution in [3.05, 3.63) is 45.0 Å². The maximum Gasteiger partial charge on any atom is 0.255 e. The lowest BCUT2D eigenvalue weighted by Gasteiger charge is -2.46. The molecule has 1 fully saturated rings. The monoisotopic (exact) mass is 430 g/mol. The van der Waals surface area contributed by atoms with Crippen LogP contribution < -0.4 is 11.1 Å². The van der Waals surface area contributed by atoms with Gasteiger partial charge in [0.2, 0.25) is 5.78 Å². The molecule has 1 aromatic rings. The van der Waals surface area contributed by atoms with Gasteiger partial charge in [-0.3, -0.25) is 14.4 Å². The number of nitrogens with one attached hydrogen (secondary N) is 1. The fraction of sp³-hybridized carbons (Fsp3) is 0.381. The van der Waals surface area contributed by atoms with Gasteiger partial charge in [0.25, 0.3) is 5.91 Å². The molecule has 0 radical (unpaired) electrons. The molecular formula is C21H19FN2O7. The number of ketones is 2. The Kier molecular flexibility index (Phi) is 3.91. The van der Waals surface area contributed by atoms with Crippen molar-refractivity contribution in [1.82, 2.24) is 5.32 Å². The minimum Gasteiger partial charge on any atom is -0.508 e. The predicted molar refractivity (Wildman–Crippen MR) is 102 cm³/mol. The molecule has 5 rings (SSSR count). The molecule has 1 saturated carbocycles. The molecule has 3 atom stereocenters. The average Bonchev–Trinajstić information content (AvgIpc) is 3.19. The average molecular weight is 430 g/mol. The molecule has 0 spiro atoms. The molecule has 1 heterocycles. The van der Waals surface area contributed by atoms with Crippen LogP contribution in [0, 0.1) is 17.7 Å². The Labute approximate surface area is 174 Å². The molecule has 0 bridgehead atoms. The quantitative estimate of drug-likeness (QED) is 0.342. The van der Waals surface area contributed by atoms with E-state index in [4.69, 9.17) is 5.73 Å². The van der Waals surface area contributed by atoms with Gasteiger partial charge in [-0.25, -0.2) is 4.39 Å². The van der Waals surface area contributed by atoms with E-state index in [1.165, 1.54) is 0 Å². The molecule has 10 heteroatoms. The second-order valence-corrected chi connectivity index (χ2v) is 8.48. The summed E-state index contributed by atoms with van der Waals surface area (Å²) in [4.78, 5) is 37.3. The summed E-state index contributed by atoms with van der Waals surface area (Å²) in [6.45, 7) is 0.402. The number of nitrogens with two attached hydrogens (primary N) is 1. The van der Waals surface area contributed by atoms with Gasteiger partial charge in [0.05, 0.1) is 5.56 Å². The number of aliphatic hydroxyl groups excluding tert-OH is 2. The second-order valence-electron chi connectivity index (χ2n) is 8.48. The second kappa shape index (κ2) is 6.14. The van der Waals surface area contributed by atoms with E-state index in [9.17, 15) is 34.8 Å². The van der Waals surface area contributed by atoms with Gasteiger partial charge in [-0.15, -0.1) is 0 Å². The highest BCUT2D eigenvalue weighted by molar-refractivity contribution is 6.22. The summed E-state index contributed by atoms with van der Waals surface area (Å²) in [6.07, 6.45) is -0.483. The first-order valence-electron chi connectivity index (χ1n) is 9.82. The van der Waals surface area contributed by atoms with Crippen LogP contribution in [0.15, 0.2) is 16.9 Å². The predicted octanol–water partition coefficient (Wildman–Crippen LogP) is 0.166. The summed E-state index contributed by atoms with van der Waals surface area (Å²) in [5.74, 6) is -7.74. The Morgan fingerprint density at radius 3 is 2.45 bits per heavy atom. The number of halogens is 1. The Bertz CT molecular complexity index is 1180. The van der Waals surface area contributed by atoms with Gasteiger partial charge in [0, 0.05) is 47.7 Å². The van der Waals surface area contributed by atoms with Crippen molar-refractivity contribution in [2.75, 3.05) is 0 Å². The van der Waals surface area contributed by atoms with Crippen LogP contribution in [-0.4, -0.2) is 43.5 Å². The Morgan fingerprint density at radius 1 is 1.10 bits per heavy atom. The van der Waals surface area contributed by atoms with E-state index in [0.717, 1.165) is 0 Å². The topological polar surface area (TPSA) is 170 Å². The summed E-state index contributed by atoms with van der Waals surface area (Å²) in [5.41, 5.74) is 1.81. The largest absolute Gasteiger partial charge is 0.508 e. The molecule has 1 aromatic carbocycles. The Hall–Kier alpha value is -3.24. The van der Waals surface area contributed by atoms with Gasteiger partial charge in [-0.05, 0) is 18.8 Å². The number of hydrogen-bond donors (Lipinski definition) is 6. The van der Waals surface area contributed by atoms with Crippen LogP contribution in [0.5, 0.6) is 5.75 Å². The van der Waals surface area contributed by atoms with Crippen molar-refractivity contribution in [2.24, 2.45) is 17.6 Å². The van der Waals surface area contributed by atoms with Crippen molar-refractivity contribution in [3.63, 3.8) is 0 Å². The SMILES string of the molecule is NC(=O)C1=C(O)[C@@]2(O)C(=O)C3=C(O)c4c(O)c5c(c(F)c4C[C@H]3C[C@H]2CC1=O)CNC5. The smallest absolute Gasteiger partial charge is 0.255 e. The van der Waals surface area contributed by atoms with Crippen molar-refractivity contribution < 1.29 is 39.2 Å². The molecule has 0 aromatic heterocycles. The lowest BCUT2D eigenvalue weighted by atomic mass is 9.59. The highest BCUT2D eigenvalue weighted by Crippen LogP contribution is 2.53. The number of hydrogen-bond acceptors (Lipinski definition) is 8. The zero-order chi connectivity index (χ0) is 22.4. The fourth-order valence-corrected chi connectivity index (χ4v) is 5.50. The number of fused-ring (bicyclic) bond motifs is 4. The van der Waals surface area contributed by atoms with E-state index in [-0.39, 0.29) is 53.9 Å². The molecule has 31 heavy (non-hydrogen) atoms. The Balaban J connectivity index is 1.73. The number of aliphatic hydroxyl groups is 3. The maximum atomic E-state index is 15.2. The summed E-state index contributed by atoms with van der Waals surface area (Å²) in [7, 11) is 0. The lowest BCUT2D eigenvalue weighted by molar-refractivity contribution is -0.147. The summed E-state index contributed by atoms with van der Waals surface area (Å²) in [5, 5.41) is 46.2. The standard InChI is InChI=1S/C21H19FN2O7/c22-15-8-2-6-1-7-3-11(25)14(20(23)30)19(29)21(7,31)18(28)12(6)17(27)13(8)16(26)10-5-24-4-9(10)15/h6-7,24,26-27,29,31H,1-5H2,(H2,23,30)/t6-,7+,21+/m1/s1. The van der Waals surface area contributed by atoms with Gasteiger partial charge >= 0.3 is 0 Å². The number of rotatable bonds is 1. The van der Waals surface area contributed by atoms with E-state index >= 15 is 4.39 Å². The van der Waals surface area contributed by atoms with Gasteiger partial charge < -0.3 is 31.5 Å². The number of benzene rings is 1. The van der Waals surface area contributed by atoms with Crippen LogP contribution in [0.25, 0.3) is 5.76 Å². The number of amides is 1. The first-order chi connectivity index (χ1) is 14.6. The minimum atomic E-state index is -2.62. The molecule has 0 saturated heterocycles. The minimum absolute atomic E-state index is 0.0293. The van der Waals surface area contributed by atoms with Gasteiger partial charge in [-0.1, -0.05) is 0 Å². The number of carbonyl (C=O) groups is 3. The zero-order valence-corrected chi connectivity index (χ0v) is 16.2. The number of phenols is 1. The van der Waals surface area contributed by atoms with E-state index in [1.807, 2.05) is 0 Å². The number of Topliss-reactive ketones (excluding diaryl/α,β-unsaturated/α-hetero) is 2.